The van der Waals surface area contributed by atoms with Gasteiger partial charge in [0.2, 0.25) is 0 Å². The van der Waals surface area contributed by atoms with E-state index in [0.29, 0.717) is 51.4 Å². The van der Waals surface area contributed by atoms with Gasteiger partial charge in [0.15, 0.2) is 0 Å². The number of fused-ring (bicyclic) bond motifs is 5. The van der Waals surface area contributed by atoms with E-state index in [1.165, 1.54) is 21.0 Å². The van der Waals surface area contributed by atoms with Crippen molar-refractivity contribution < 1.29 is 38.8 Å². The minimum absolute atomic E-state index is 0.0663. The second kappa shape index (κ2) is 8.22. The average Bonchev–Trinajstić information content (AvgIpc) is 3.02. The Morgan fingerprint density at radius 3 is 2.24 bits per heavy atom. The number of carbonyl (C=O) groups is 3. The summed E-state index contributed by atoms with van der Waals surface area (Å²) in [6.07, 6.45) is 4.54. The molecule has 0 saturated heterocycles. The molecule has 0 heterocycles. The molecule has 0 radical (unpaired) electrons. The maximum Gasteiger partial charge on any atom is 0.309 e. The number of esters is 3. The Hall–Kier alpha value is -1.67. The van der Waals surface area contributed by atoms with Gasteiger partial charge in [0.25, 0.3) is 0 Å². The van der Waals surface area contributed by atoms with E-state index in [1.54, 1.807) is 0 Å². The molecule has 2 N–H and O–H groups in total. The Balaban J connectivity index is 1.70. The van der Waals surface area contributed by atoms with Gasteiger partial charge in [-0.15, -0.1) is 0 Å². The second-order valence-electron chi connectivity index (χ2n) is 11.2. The first kappa shape index (κ1) is 24.5. The Morgan fingerprint density at radius 1 is 0.909 bits per heavy atom. The number of hydrogen-bond acceptors (Lipinski definition) is 8. The summed E-state index contributed by atoms with van der Waals surface area (Å²) < 4.78 is 16.1. The fourth-order valence-corrected chi connectivity index (χ4v) is 8.37. The molecule has 0 aromatic carbocycles. The molecular formula is C25H38O8. The van der Waals surface area contributed by atoms with E-state index >= 15 is 0 Å². The number of carbonyl (C=O) groups excluding carboxylic acids is 3. The molecule has 0 spiro atoms. The zero-order valence-electron chi connectivity index (χ0n) is 20.2. The fraction of sp³-hybridized carbons (Fsp3) is 0.880. The summed E-state index contributed by atoms with van der Waals surface area (Å²) in [4.78, 5) is 35.9. The quantitative estimate of drug-likeness (QED) is 0.479. The minimum atomic E-state index is -1.16. The molecule has 4 fully saturated rings. The maximum absolute atomic E-state index is 12.5. The Kier molecular flexibility index (Phi) is 6.09. The van der Waals surface area contributed by atoms with Crippen molar-refractivity contribution in [1.82, 2.24) is 0 Å². The molecule has 4 rings (SSSR count). The van der Waals surface area contributed by atoms with Crippen LogP contribution in [-0.2, 0) is 28.6 Å². The van der Waals surface area contributed by atoms with Crippen molar-refractivity contribution in [3.05, 3.63) is 0 Å². The fourth-order valence-electron chi connectivity index (χ4n) is 8.37. The number of rotatable bonds is 4. The van der Waals surface area contributed by atoms with E-state index in [0.717, 1.165) is 6.42 Å². The van der Waals surface area contributed by atoms with Crippen LogP contribution in [-0.4, -0.2) is 59.1 Å². The maximum atomic E-state index is 12.5. The molecular weight excluding hydrogens is 428 g/mol. The van der Waals surface area contributed by atoms with Crippen LogP contribution in [0.5, 0.6) is 0 Å². The Labute approximate surface area is 195 Å². The molecule has 0 bridgehead atoms. The normalized spacial score (nSPS) is 46.4. The largest absolute Gasteiger partial charge is 0.469 e. The number of hydrogen-bond donors (Lipinski definition) is 2. The summed E-state index contributed by atoms with van der Waals surface area (Å²) in [5, 5.41) is 24.2. The van der Waals surface area contributed by atoms with E-state index in [-0.39, 0.29) is 42.4 Å². The lowest BCUT2D eigenvalue weighted by Crippen LogP contribution is -2.69. The first-order valence-electron chi connectivity index (χ1n) is 12.3. The van der Waals surface area contributed by atoms with Crippen molar-refractivity contribution in [1.29, 1.82) is 0 Å². The molecule has 4 aliphatic rings. The topological polar surface area (TPSA) is 119 Å². The van der Waals surface area contributed by atoms with E-state index < -0.39 is 28.0 Å². The highest BCUT2D eigenvalue weighted by Gasteiger charge is 2.72. The molecule has 4 aliphatic carbocycles. The van der Waals surface area contributed by atoms with Gasteiger partial charge in [-0.1, -0.05) is 6.92 Å². The van der Waals surface area contributed by atoms with Crippen molar-refractivity contribution in [2.45, 2.75) is 95.9 Å². The van der Waals surface area contributed by atoms with Gasteiger partial charge in [0, 0.05) is 31.1 Å². The molecule has 4 saturated carbocycles. The molecule has 0 amide bonds. The van der Waals surface area contributed by atoms with Crippen LogP contribution < -0.4 is 0 Å². The van der Waals surface area contributed by atoms with Crippen molar-refractivity contribution in [3.63, 3.8) is 0 Å². The molecule has 8 atom stereocenters. The van der Waals surface area contributed by atoms with Crippen molar-refractivity contribution in [2.75, 3.05) is 13.7 Å². The van der Waals surface area contributed by atoms with Crippen LogP contribution in [0.3, 0.4) is 0 Å². The number of aliphatic hydroxyl groups is 2. The molecule has 8 nitrogen and oxygen atoms in total. The highest BCUT2D eigenvalue weighted by molar-refractivity contribution is 5.74. The first-order chi connectivity index (χ1) is 15.4. The molecule has 0 aromatic rings. The van der Waals surface area contributed by atoms with Crippen molar-refractivity contribution in [3.8, 4) is 0 Å². The average molecular weight is 467 g/mol. The van der Waals surface area contributed by atoms with Gasteiger partial charge in [-0.25, -0.2) is 0 Å². The SMILES string of the molecule is COC(=O)[C@H]1CC[C@@]2(O)[C@@H]3CC[C@@]4(O)C[C@@H](OC(C)=O)CC[C@]4(COC(C)=O)[C@H]3CC[C@]12C. The molecule has 186 valence electrons. The minimum Gasteiger partial charge on any atom is -0.469 e. The van der Waals surface area contributed by atoms with E-state index in [2.05, 4.69) is 0 Å². The summed E-state index contributed by atoms with van der Waals surface area (Å²) in [6.45, 7) is 4.83. The second-order valence-corrected chi connectivity index (χ2v) is 11.2. The lowest BCUT2D eigenvalue weighted by Gasteiger charge is -2.66. The van der Waals surface area contributed by atoms with Crippen LogP contribution in [0.4, 0.5) is 0 Å². The number of methoxy groups -OCH3 is 1. The highest BCUT2D eigenvalue weighted by Crippen LogP contribution is 2.70. The zero-order chi connectivity index (χ0) is 24.2. The summed E-state index contributed by atoms with van der Waals surface area (Å²) in [7, 11) is 1.39. The van der Waals surface area contributed by atoms with Crippen molar-refractivity contribution in [2.24, 2.45) is 28.6 Å². The van der Waals surface area contributed by atoms with E-state index in [1.807, 2.05) is 6.92 Å². The Bertz CT molecular complexity index is 827. The van der Waals surface area contributed by atoms with Crippen molar-refractivity contribution >= 4 is 17.9 Å². The monoisotopic (exact) mass is 466 g/mol. The third-order valence-electron chi connectivity index (χ3n) is 9.98. The number of ether oxygens (including phenoxy) is 3. The molecule has 0 aliphatic heterocycles. The molecule has 33 heavy (non-hydrogen) atoms. The van der Waals surface area contributed by atoms with Crippen LogP contribution in [0.15, 0.2) is 0 Å². The smallest absolute Gasteiger partial charge is 0.309 e. The van der Waals surface area contributed by atoms with Gasteiger partial charge >= 0.3 is 17.9 Å². The zero-order valence-corrected chi connectivity index (χ0v) is 20.2. The lowest BCUT2D eigenvalue weighted by atomic mass is 9.41. The summed E-state index contributed by atoms with van der Waals surface area (Å²) >= 11 is 0. The van der Waals surface area contributed by atoms with Crippen LogP contribution in [0, 0.1) is 28.6 Å². The van der Waals surface area contributed by atoms with Crippen LogP contribution >= 0.6 is 0 Å². The Morgan fingerprint density at radius 2 is 1.61 bits per heavy atom. The summed E-state index contributed by atoms with van der Waals surface area (Å²) in [5.41, 5.74) is -3.52. The van der Waals surface area contributed by atoms with Gasteiger partial charge in [-0.3, -0.25) is 14.4 Å². The van der Waals surface area contributed by atoms with E-state index in [9.17, 15) is 24.6 Å². The summed E-state index contributed by atoms with van der Waals surface area (Å²) in [6, 6.07) is 0. The molecule has 0 aromatic heterocycles. The third-order valence-corrected chi connectivity index (χ3v) is 9.98. The predicted molar refractivity (Wildman–Crippen MR) is 117 cm³/mol. The van der Waals surface area contributed by atoms with Crippen LogP contribution in [0.2, 0.25) is 0 Å². The van der Waals surface area contributed by atoms with Gasteiger partial charge in [0.05, 0.1) is 30.8 Å². The van der Waals surface area contributed by atoms with E-state index in [4.69, 9.17) is 14.2 Å². The summed E-state index contributed by atoms with van der Waals surface area (Å²) in [5.74, 6) is -1.57. The van der Waals surface area contributed by atoms with Gasteiger partial charge < -0.3 is 24.4 Å². The van der Waals surface area contributed by atoms with Crippen LogP contribution in [0.25, 0.3) is 0 Å². The van der Waals surface area contributed by atoms with Gasteiger partial charge in [-0.2, -0.15) is 0 Å². The predicted octanol–water partition coefficient (Wildman–Crippen LogP) is 2.52. The third kappa shape index (κ3) is 3.51. The lowest BCUT2D eigenvalue weighted by molar-refractivity contribution is -0.272. The molecule has 8 heteroatoms. The first-order valence-corrected chi connectivity index (χ1v) is 12.3. The van der Waals surface area contributed by atoms with Gasteiger partial charge in [0.1, 0.15) is 6.10 Å². The highest BCUT2D eigenvalue weighted by atomic mass is 16.5. The molecule has 0 unspecified atom stereocenters. The van der Waals surface area contributed by atoms with Gasteiger partial charge in [-0.05, 0) is 63.2 Å². The standard InChI is InChI=1S/C25H38O8/c1-15(26)32-14-23-10-5-17(33-16(2)27)13-24(23,29)11-7-19-18(23)6-9-22(3)20(21(28)31-4)8-12-25(19,22)30/h17-20,29-30H,5-14H2,1-4H3/t17-,18-,19+,20+,22+,23-,24+,25+/m0/s1. The van der Waals surface area contributed by atoms with Crippen LogP contribution in [0.1, 0.15) is 78.6 Å².